The van der Waals surface area contributed by atoms with Crippen LogP contribution in [0.2, 0.25) is 5.02 Å². The van der Waals surface area contributed by atoms with Crippen molar-refractivity contribution < 1.29 is 9.53 Å². The van der Waals surface area contributed by atoms with Crippen molar-refractivity contribution in [3.05, 3.63) is 34.9 Å². The predicted octanol–water partition coefficient (Wildman–Crippen LogP) is 2.24. The lowest BCUT2D eigenvalue weighted by molar-refractivity contribution is -0.145. The van der Waals surface area contributed by atoms with Crippen molar-refractivity contribution in [1.29, 1.82) is 0 Å². The van der Waals surface area contributed by atoms with Gasteiger partial charge in [0.2, 0.25) is 0 Å². The lowest BCUT2D eigenvalue weighted by Gasteiger charge is -2.17. The fraction of sp³-hybridized carbons (Fsp3) is 0.417. The Morgan fingerprint density at radius 3 is 2.76 bits per heavy atom. The van der Waals surface area contributed by atoms with Gasteiger partial charge in [0.15, 0.2) is 0 Å². The normalized spacial score (nSPS) is 22.9. The standard InChI is InChI=1S/C12H14ClNO2.ClH/c1-16-12(15)10-7-14-6-9(10)8-4-2-3-5-11(8)13;/h2-5,9-10,14H,6-7H2,1H3;1H/t9-,10+;/m1./s1. The minimum absolute atomic E-state index is 0. The van der Waals surface area contributed by atoms with Crippen LogP contribution in [0.4, 0.5) is 0 Å². The Balaban J connectivity index is 0.00000144. The lowest BCUT2D eigenvalue weighted by atomic mass is 9.89. The molecule has 0 bridgehead atoms. The Labute approximate surface area is 112 Å². The first-order valence-corrected chi connectivity index (χ1v) is 5.65. The van der Waals surface area contributed by atoms with Gasteiger partial charge in [0.25, 0.3) is 0 Å². The number of rotatable bonds is 2. The molecule has 3 nitrogen and oxygen atoms in total. The molecule has 1 heterocycles. The average molecular weight is 276 g/mol. The van der Waals surface area contributed by atoms with E-state index in [1.165, 1.54) is 7.11 Å². The molecule has 17 heavy (non-hydrogen) atoms. The van der Waals surface area contributed by atoms with E-state index in [1.807, 2.05) is 24.3 Å². The van der Waals surface area contributed by atoms with E-state index in [1.54, 1.807) is 0 Å². The third-order valence-corrected chi connectivity index (χ3v) is 3.37. The molecule has 0 radical (unpaired) electrons. The molecule has 1 saturated heterocycles. The summed E-state index contributed by atoms with van der Waals surface area (Å²) < 4.78 is 4.80. The van der Waals surface area contributed by atoms with E-state index in [2.05, 4.69) is 5.32 Å². The van der Waals surface area contributed by atoms with Gasteiger partial charge in [-0.05, 0) is 11.6 Å². The molecule has 5 heteroatoms. The van der Waals surface area contributed by atoms with Gasteiger partial charge in [-0.3, -0.25) is 4.79 Å². The van der Waals surface area contributed by atoms with Crippen LogP contribution in [0.15, 0.2) is 24.3 Å². The zero-order valence-electron chi connectivity index (χ0n) is 9.48. The summed E-state index contributed by atoms with van der Waals surface area (Å²) in [5.74, 6) is -0.194. The SMILES string of the molecule is COC(=O)[C@H]1CNC[C@@H]1c1ccccc1Cl.Cl. The number of benzene rings is 1. The first-order valence-electron chi connectivity index (χ1n) is 5.27. The summed E-state index contributed by atoms with van der Waals surface area (Å²) in [5.41, 5.74) is 1.02. The van der Waals surface area contributed by atoms with Gasteiger partial charge in [0, 0.05) is 24.0 Å². The largest absolute Gasteiger partial charge is 0.469 e. The molecule has 0 unspecified atom stereocenters. The molecule has 1 aliphatic heterocycles. The number of halogens is 2. The number of carbonyl (C=O) groups excluding carboxylic acids is 1. The van der Waals surface area contributed by atoms with E-state index in [-0.39, 0.29) is 30.2 Å². The minimum Gasteiger partial charge on any atom is -0.469 e. The van der Waals surface area contributed by atoms with Crippen LogP contribution in [0.25, 0.3) is 0 Å². The van der Waals surface area contributed by atoms with Crippen molar-refractivity contribution in [3.63, 3.8) is 0 Å². The molecular formula is C12H15Cl2NO2. The molecule has 0 aliphatic carbocycles. The molecule has 0 amide bonds. The Morgan fingerprint density at radius 2 is 2.12 bits per heavy atom. The van der Waals surface area contributed by atoms with E-state index < -0.39 is 0 Å². The smallest absolute Gasteiger partial charge is 0.310 e. The molecule has 2 atom stereocenters. The summed E-state index contributed by atoms with van der Waals surface area (Å²) in [6.45, 7) is 1.42. The fourth-order valence-corrected chi connectivity index (χ4v) is 2.46. The second-order valence-corrected chi connectivity index (χ2v) is 4.32. The summed E-state index contributed by atoms with van der Waals surface area (Å²) in [4.78, 5) is 11.6. The molecule has 1 aromatic rings. The van der Waals surface area contributed by atoms with Crippen LogP contribution in [0.5, 0.6) is 0 Å². The van der Waals surface area contributed by atoms with Crippen LogP contribution in [0.1, 0.15) is 11.5 Å². The molecule has 0 aromatic heterocycles. The maximum atomic E-state index is 11.6. The fourth-order valence-electron chi connectivity index (χ4n) is 2.18. The molecular weight excluding hydrogens is 261 g/mol. The van der Waals surface area contributed by atoms with Crippen LogP contribution in [0, 0.1) is 5.92 Å². The second kappa shape index (κ2) is 6.24. The van der Waals surface area contributed by atoms with Crippen molar-refractivity contribution in [2.24, 2.45) is 5.92 Å². The van der Waals surface area contributed by atoms with E-state index in [0.717, 1.165) is 12.1 Å². The van der Waals surface area contributed by atoms with Gasteiger partial charge in [-0.25, -0.2) is 0 Å². The molecule has 0 saturated carbocycles. The second-order valence-electron chi connectivity index (χ2n) is 3.92. The third kappa shape index (κ3) is 2.92. The predicted molar refractivity (Wildman–Crippen MR) is 69.8 cm³/mol. The molecule has 1 N–H and O–H groups in total. The van der Waals surface area contributed by atoms with Gasteiger partial charge < -0.3 is 10.1 Å². The first-order chi connectivity index (χ1) is 7.74. The average Bonchev–Trinajstić information content (AvgIpc) is 2.77. The maximum absolute atomic E-state index is 11.6. The highest BCUT2D eigenvalue weighted by Gasteiger charge is 2.35. The third-order valence-electron chi connectivity index (χ3n) is 3.02. The van der Waals surface area contributed by atoms with Crippen molar-refractivity contribution in [2.45, 2.75) is 5.92 Å². The number of esters is 1. The monoisotopic (exact) mass is 275 g/mol. The number of carbonyl (C=O) groups is 1. The number of hydrogen-bond donors (Lipinski definition) is 1. The summed E-state index contributed by atoms with van der Waals surface area (Å²) in [7, 11) is 1.42. The van der Waals surface area contributed by atoms with Gasteiger partial charge in [0.1, 0.15) is 0 Å². The van der Waals surface area contributed by atoms with Gasteiger partial charge in [-0.2, -0.15) is 0 Å². The maximum Gasteiger partial charge on any atom is 0.310 e. The summed E-state index contributed by atoms with van der Waals surface area (Å²) in [6, 6.07) is 7.65. The van der Waals surface area contributed by atoms with Crippen molar-refractivity contribution >= 4 is 30.0 Å². The quantitative estimate of drug-likeness (QED) is 0.842. The summed E-state index contributed by atoms with van der Waals surface area (Å²) in [6.07, 6.45) is 0. The van der Waals surface area contributed by atoms with Crippen molar-refractivity contribution in [2.75, 3.05) is 20.2 Å². The van der Waals surface area contributed by atoms with Crippen LogP contribution < -0.4 is 5.32 Å². The number of nitrogens with one attached hydrogen (secondary N) is 1. The molecule has 94 valence electrons. The van der Waals surface area contributed by atoms with Crippen molar-refractivity contribution in [1.82, 2.24) is 5.32 Å². The molecule has 1 aromatic carbocycles. The Kier molecular flexibility index (Phi) is 5.25. The van der Waals surface area contributed by atoms with E-state index >= 15 is 0 Å². The van der Waals surface area contributed by atoms with Crippen LogP contribution in [-0.4, -0.2) is 26.2 Å². The highest BCUT2D eigenvalue weighted by molar-refractivity contribution is 6.31. The lowest BCUT2D eigenvalue weighted by Crippen LogP contribution is -2.23. The van der Waals surface area contributed by atoms with E-state index in [9.17, 15) is 4.79 Å². The van der Waals surface area contributed by atoms with Crippen LogP contribution in [-0.2, 0) is 9.53 Å². The molecule has 1 fully saturated rings. The summed E-state index contributed by atoms with van der Waals surface area (Å²) in [5, 5.41) is 3.92. The highest BCUT2D eigenvalue weighted by Crippen LogP contribution is 2.33. The number of ether oxygens (including phenoxy) is 1. The van der Waals surface area contributed by atoms with Crippen molar-refractivity contribution in [3.8, 4) is 0 Å². The molecule has 0 spiro atoms. The summed E-state index contributed by atoms with van der Waals surface area (Å²) >= 11 is 6.14. The highest BCUT2D eigenvalue weighted by atomic mass is 35.5. The van der Waals surface area contributed by atoms with Gasteiger partial charge in [-0.1, -0.05) is 29.8 Å². The zero-order chi connectivity index (χ0) is 11.5. The Hall–Kier alpha value is -0.770. The van der Waals surface area contributed by atoms with Crippen LogP contribution in [0.3, 0.4) is 0 Å². The molecule has 2 rings (SSSR count). The molecule has 1 aliphatic rings. The Morgan fingerprint density at radius 1 is 1.41 bits per heavy atom. The first kappa shape index (κ1) is 14.3. The van der Waals surface area contributed by atoms with Gasteiger partial charge in [-0.15, -0.1) is 12.4 Å². The van der Waals surface area contributed by atoms with E-state index in [0.29, 0.717) is 11.6 Å². The Bertz CT molecular complexity index is 398. The number of methoxy groups -OCH3 is 1. The number of hydrogen-bond acceptors (Lipinski definition) is 3. The van der Waals surface area contributed by atoms with Gasteiger partial charge >= 0.3 is 5.97 Å². The van der Waals surface area contributed by atoms with Crippen LogP contribution >= 0.6 is 24.0 Å². The topological polar surface area (TPSA) is 38.3 Å². The van der Waals surface area contributed by atoms with E-state index in [4.69, 9.17) is 16.3 Å². The zero-order valence-corrected chi connectivity index (χ0v) is 11.1. The minimum atomic E-state index is -0.171. The van der Waals surface area contributed by atoms with Gasteiger partial charge in [0.05, 0.1) is 13.0 Å².